The second-order valence-electron chi connectivity index (χ2n) is 6.90. The van der Waals surface area contributed by atoms with Crippen LogP contribution >= 0.6 is 0 Å². The molecule has 0 unspecified atom stereocenters. The third-order valence-electron chi connectivity index (χ3n) is 4.65. The van der Waals surface area contributed by atoms with Gasteiger partial charge in [-0.25, -0.2) is 0 Å². The number of hydrogen-bond acceptors (Lipinski definition) is 4. The van der Waals surface area contributed by atoms with Crippen LogP contribution in [0.1, 0.15) is 12.5 Å². The maximum atomic E-state index is 12.8. The van der Waals surface area contributed by atoms with Crippen LogP contribution in [0.5, 0.6) is 5.75 Å². The Morgan fingerprint density at radius 3 is 2.74 bits per heavy atom. The minimum Gasteiger partial charge on any atom is -0.497 e. The second kappa shape index (κ2) is 8.22. The van der Waals surface area contributed by atoms with E-state index in [1.165, 1.54) is 5.56 Å². The summed E-state index contributed by atoms with van der Waals surface area (Å²) in [5, 5.41) is 2.83. The van der Waals surface area contributed by atoms with Gasteiger partial charge in [-0.05, 0) is 44.2 Å². The van der Waals surface area contributed by atoms with Crippen molar-refractivity contribution in [1.29, 1.82) is 0 Å². The molecule has 27 heavy (non-hydrogen) atoms. The molecule has 1 aliphatic rings. The molecule has 6 heteroatoms. The number of benzene rings is 2. The monoisotopic (exact) mass is 367 g/mol. The molecule has 2 aromatic rings. The zero-order chi connectivity index (χ0) is 19.4. The number of amides is 2. The molecule has 0 aliphatic carbocycles. The third kappa shape index (κ3) is 4.46. The van der Waals surface area contributed by atoms with Crippen LogP contribution in [0.2, 0.25) is 0 Å². The van der Waals surface area contributed by atoms with Crippen molar-refractivity contribution in [2.45, 2.75) is 19.4 Å². The molecule has 0 radical (unpaired) electrons. The highest BCUT2D eigenvalue weighted by Crippen LogP contribution is 2.31. The van der Waals surface area contributed by atoms with Gasteiger partial charge in [0.05, 0.1) is 20.2 Å². The number of anilines is 2. The number of carbonyl (C=O) groups excluding carboxylic acids is 2. The lowest BCUT2D eigenvalue weighted by Crippen LogP contribution is -2.43. The Balaban J connectivity index is 1.56. The number of methoxy groups -OCH3 is 1. The number of nitrogens with zero attached hydrogens (tertiary/aromatic N) is 2. The number of carbonyl (C=O) groups is 2. The molecule has 0 fully saturated rings. The summed E-state index contributed by atoms with van der Waals surface area (Å²) in [5.41, 5.74) is 2.84. The first-order valence-electron chi connectivity index (χ1n) is 9.00. The van der Waals surface area contributed by atoms with E-state index in [2.05, 4.69) is 11.4 Å². The molecule has 1 heterocycles. The van der Waals surface area contributed by atoms with Crippen molar-refractivity contribution in [3.8, 4) is 5.75 Å². The summed E-state index contributed by atoms with van der Waals surface area (Å²) in [6, 6.07) is 15.3. The standard InChI is InChI=1S/C21H25N3O3/c1-15-11-16-7-4-5-10-19(16)24(15)21(26)14-23(2)13-20(25)22-17-8-6-9-18(12-17)27-3/h4-10,12,15H,11,13-14H2,1-3H3,(H,22,25)/t15-/m0/s1. The molecule has 1 N–H and O–H groups in total. The first-order valence-corrected chi connectivity index (χ1v) is 9.00. The predicted molar refractivity (Wildman–Crippen MR) is 106 cm³/mol. The lowest BCUT2D eigenvalue weighted by molar-refractivity contribution is -0.121. The van der Waals surface area contributed by atoms with E-state index in [1.54, 1.807) is 31.2 Å². The van der Waals surface area contributed by atoms with Crippen molar-refractivity contribution in [3.63, 3.8) is 0 Å². The van der Waals surface area contributed by atoms with Gasteiger partial charge < -0.3 is 15.0 Å². The fourth-order valence-electron chi connectivity index (χ4n) is 3.46. The van der Waals surface area contributed by atoms with Crippen LogP contribution in [-0.2, 0) is 16.0 Å². The smallest absolute Gasteiger partial charge is 0.241 e. The van der Waals surface area contributed by atoms with Gasteiger partial charge >= 0.3 is 0 Å². The number of nitrogens with one attached hydrogen (secondary N) is 1. The van der Waals surface area contributed by atoms with Crippen molar-refractivity contribution in [2.75, 3.05) is 37.5 Å². The highest BCUT2D eigenvalue weighted by atomic mass is 16.5. The number of fused-ring (bicyclic) bond motifs is 1. The Morgan fingerprint density at radius 2 is 1.96 bits per heavy atom. The molecule has 0 aromatic heterocycles. The number of hydrogen-bond donors (Lipinski definition) is 1. The van der Waals surface area contributed by atoms with Crippen LogP contribution in [0.25, 0.3) is 0 Å². The van der Waals surface area contributed by atoms with Crippen molar-refractivity contribution in [1.82, 2.24) is 4.90 Å². The summed E-state index contributed by atoms with van der Waals surface area (Å²) < 4.78 is 5.15. The van der Waals surface area contributed by atoms with Gasteiger partial charge in [0.2, 0.25) is 11.8 Å². The van der Waals surface area contributed by atoms with Gasteiger partial charge in [0, 0.05) is 23.5 Å². The number of ether oxygens (including phenoxy) is 1. The molecule has 142 valence electrons. The molecule has 2 amide bonds. The molecule has 1 atom stereocenters. The van der Waals surface area contributed by atoms with E-state index in [0.29, 0.717) is 11.4 Å². The van der Waals surface area contributed by atoms with Crippen LogP contribution in [-0.4, -0.2) is 50.0 Å². The summed E-state index contributed by atoms with van der Waals surface area (Å²) in [6.45, 7) is 2.37. The molecule has 1 aliphatic heterocycles. The van der Waals surface area contributed by atoms with Crippen molar-refractivity contribution < 1.29 is 14.3 Å². The number of likely N-dealkylation sites (N-methyl/N-ethyl adjacent to an activating group) is 1. The van der Waals surface area contributed by atoms with E-state index in [1.807, 2.05) is 42.2 Å². The molecule has 3 rings (SSSR count). The zero-order valence-corrected chi connectivity index (χ0v) is 15.9. The Morgan fingerprint density at radius 1 is 1.19 bits per heavy atom. The summed E-state index contributed by atoms with van der Waals surface area (Å²) >= 11 is 0. The topological polar surface area (TPSA) is 61.9 Å². The molecule has 0 saturated carbocycles. The average molecular weight is 367 g/mol. The van der Waals surface area contributed by atoms with Gasteiger partial charge in [-0.2, -0.15) is 0 Å². The highest BCUT2D eigenvalue weighted by molar-refractivity contribution is 5.98. The van der Waals surface area contributed by atoms with Crippen molar-refractivity contribution >= 4 is 23.2 Å². The molecule has 0 bridgehead atoms. The SMILES string of the molecule is COc1cccc(NC(=O)CN(C)CC(=O)N2c3ccccc3C[C@@H]2C)c1. The fourth-order valence-corrected chi connectivity index (χ4v) is 3.46. The van der Waals surface area contributed by atoms with Crippen LogP contribution in [0.15, 0.2) is 48.5 Å². The average Bonchev–Trinajstić information content (AvgIpc) is 2.97. The van der Waals surface area contributed by atoms with E-state index >= 15 is 0 Å². The Kier molecular flexibility index (Phi) is 5.76. The summed E-state index contributed by atoms with van der Waals surface area (Å²) in [6.07, 6.45) is 0.863. The first-order chi connectivity index (χ1) is 13.0. The molecule has 2 aromatic carbocycles. The molecule has 6 nitrogen and oxygen atoms in total. The fraction of sp³-hybridized carbons (Fsp3) is 0.333. The highest BCUT2D eigenvalue weighted by Gasteiger charge is 2.30. The van der Waals surface area contributed by atoms with E-state index in [9.17, 15) is 9.59 Å². The van der Waals surface area contributed by atoms with Crippen LogP contribution < -0.4 is 15.0 Å². The first kappa shape index (κ1) is 18.9. The molecular formula is C21H25N3O3. The predicted octanol–water partition coefficient (Wildman–Crippen LogP) is 2.54. The quantitative estimate of drug-likeness (QED) is 0.852. The molecule has 0 saturated heterocycles. The lowest BCUT2D eigenvalue weighted by Gasteiger charge is -2.25. The largest absolute Gasteiger partial charge is 0.497 e. The van der Waals surface area contributed by atoms with Crippen molar-refractivity contribution in [3.05, 3.63) is 54.1 Å². The van der Waals surface area contributed by atoms with E-state index < -0.39 is 0 Å². The van der Waals surface area contributed by atoms with Gasteiger partial charge in [0.25, 0.3) is 0 Å². The van der Waals surface area contributed by atoms with Gasteiger partial charge in [0.1, 0.15) is 5.75 Å². The van der Waals surface area contributed by atoms with Crippen LogP contribution in [0.4, 0.5) is 11.4 Å². The zero-order valence-electron chi connectivity index (χ0n) is 15.9. The van der Waals surface area contributed by atoms with Crippen LogP contribution in [0.3, 0.4) is 0 Å². The van der Waals surface area contributed by atoms with Gasteiger partial charge in [-0.15, -0.1) is 0 Å². The Hall–Kier alpha value is -2.86. The van der Waals surface area contributed by atoms with E-state index in [0.717, 1.165) is 12.1 Å². The summed E-state index contributed by atoms with van der Waals surface area (Å²) in [7, 11) is 3.35. The van der Waals surface area contributed by atoms with E-state index in [4.69, 9.17) is 4.74 Å². The summed E-state index contributed by atoms with van der Waals surface area (Å²) in [4.78, 5) is 28.6. The Labute approximate surface area is 159 Å². The van der Waals surface area contributed by atoms with Gasteiger partial charge in [-0.3, -0.25) is 14.5 Å². The normalized spacial score (nSPS) is 15.6. The third-order valence-corrected chi connectivity index (χ3v) is 4.65. The second-order valence-corrected chi connectivity index (χ2v) is 6.90. The summed E-state index contributed by atoms with van der Waals surface area (Å²) in [5.74, 6) is 0.510. The minimum atomic E-state index is -0.173. The maximum Gasteiger partial charge on any atom is 0.241 e. The maximum absolute atomic E-state index is 12.8. The molecular weight excluding hydrogens is 342 g/mol. The molecule has 0 spiro atoms. The van der Waals surface area contributed by atoms with E-state index in [-0.39, 0.29) is 30.9 Å². The number of para-hydroxylation sites is 1. The Bertz CT molecular complexity index is 837. The lowest BCUT2D eigenvalue weighted by atomic mass is 10.1. The van der Waals surface area contributed by atoms with Crippen LogP contribution in [0, 0.1) is 0 Å². The van der Waals surface area contributed by atoms with Gasteiger partial charge in [0.15, 0.2) is 0 Å². The van der Waals surface area contributed by atoms with Crippen molar-refractivity contribution in [2.24, 2.45) is 0 Å². The number of rotatable bonds is 6. The minimum absolute atomic E-state index is 0.00382. The van der Waals surface area contributed by atoms with Gasteiger partial charge in [-0.1, -0.05) is 24.3 Å².